The first-order valence-corrected chi connectivity index (χ1v) is 7.22. The second-order valence-corrected chi connectivity index (χ2v) is 6.13. The number of nitrogens with zero attached hydrogens (tertiary/aromatic N) is 1. The summed E-state index contributed by atoms with van der Waals surface area (Å²) >= 11 is 3.29. The van der Waals surface area contributed by atoms with E-state index in [1.807, 2.05) is 13.8 Å². The zero-order chi connectivity index (χ0) is 14.9. The minimum absolute atomic E-state index is 0.0749. The summed E-state index contributed by atoms with van der Waals surface area (Å²) in [6.07, 6.45) is -0.280. The molecule has 1 aromatic carbocycles. The second-order valence-electron chi connectivity index (χ2n) is 5.22. The lowest BCUT2D eigenvalue weighted by molar-refractivity contribution is -0.189. The fraction of sp³-hybridized carbons (Fsp3) is 0.500. The first-order valence-electron chi connectivity index (χ1n) is 6.43. The van der Waals surface area contributed by atoms with Crippen LogP contribution in [0.4, 0.5) is 8.78 Å². The van der Waals surface area contributed by atoms with Gasteiger partial charge in [0.05, 0.1) is 12.2 Å². The third kappa shape index (κ3) is 3.11. The van der Waals surface area contributed by atoms with Crippen molar-refractivity contribution in [1.82, 2.24) is 4.90 Å². The van der Waals surface area contributed by atoms with Gasteiger partial charge in [-0.1, -0.05) is 29.8 Å². The van der Waals surface area contributed by atoms with Crippen LogP contribution < -0.4 is 4.74 Å². The Labute approximate surface area is 125 Å². The van der Waals surface area contributed by atoms with Crippen molar-refractivity contribution in [2.45, 2.75) is 26.3 Å². The lowest BCUT2D eigenvalue weighted by Crippen LogP contribution is -2.56. The van der Waals surface area contributed by atoms with Crippen LogP contribution in [0, 0.1) is 5.92 Å². The summed E-state index contributed by atoms with van der Waals surface area (Å²) in [5, 5.41) is 0. The number of benzene rings is 1. The van der Waals surface area contributed by atoms with Crippen molar-refractivity contribution in [3.8, 4) is 5.75 Å². The Morgan fingerprint density at radius 2 is 2.20 bits per heavy atom. The van der Waals surface area contributed by atoms with Gasteiger partial charge in [0.25, 0.3) is 5.91 Å². The third-order valence-electron chi connectivity index (χ3n) is 3.02. The molecule has 110 valence electrons. The van der Waals surface area contributed by atoms with Gasteiger partial charge in [-0.15, -0.1) is 0 Å². The topological polar surface area (TPSA) is 29.5 Å². The van der Waals surface area contributed by atoms with Gasteiger partial charge < -0.3 is 4.74 Å². The highest BCUT2D eigenvalue weighted by Gasteiger charge is 2.49. The van der Waals surface area contributed by atoms with E-state index in [0.29, 0.717) is 17.3 Å². The molecule has 0 bridgehead atoms. The molecule has 0 aromatic heterocycles. The van der Waals surface area contributed by atoms with E-state index in [1.54, 1.807) is 12.1 Å². The highest BCUT2D eigenvalue weighted by Crippen LogP contribution is 2.36. The first kappa shape index (κ1) is 15.2. The monoisotopic (exact) mass is 347 g/mol. The Bertz CT molecular complexity index is 520. The van der Waals surface area contributed by atoms with E-state index < -0.39 is 12.0 Å². The summed E-state index contributed by atoms with van der Waals surface area (Å²) in [5.74, 6) is -0.0735. The number of carbonyl (C=O) groups is 1. The predicted octanol–water partition coefficient (Wildman–Crippen LogP) is 3.92. The zero-order valence-electron chi connectivity index (χ0n) is 11.3. The molecule has 2 rings (SSSR count). The maximum Gasteiger partial charge on any atom is 0.329 e. The number of alkyl halides is 2. The van der Waals surface area contributed by atoms with Crippen LogP contribution in [0.5, 0.6) is 5.75 Å². The summed E-state index contributed by atoms with van der Waals surface area (Å²) in [7, 11) is 0. The Morgan fingerprint density at radius 3 is 2.70 bits per heavy atom. The Balaban J connectivity index is 2.24. The van der Waals surface area contributed by atoms with Crippen molar-refractivity contribution >= 4 is 21.8 Å². The van der Waals surface area contributed by atoms with Gasteiger partial charge in [0.1, 0.15) is 5.75 Å². The molecular weight excluding hydrogens is 332 g/mol. The van der Waals surface area contributed by atoms with Gasteiger partial charge in [0.15, 0.2) is 0 Å². The molecule has 1 aliphatic heterocycles. The van der Waals surface area contributed by atoms with Crippen LogP contribution in [-0.4, -0.2) is 30.0 Å². The van der Waals surface area contributed by atoms with Crippen molar-refractivity contribution in [3.63, 3.8) is 0 Å². The SMILES string of the molecule is CC(C)COc1cc(Br)ccc1C(=O)N1CCC1(F)F. The van der Waals surface area contributed by atoms with E-state index in [4.69, 9.17) is 4.74 Å². The van der Waals surface area contributed by atoms with E-state index >= 15 is 0 Å². The Hall–Kier alpha value is -1.17. The highest BCUT2D eigenvalue weighted by atomic mass is 79.9. The van der Waals surface area contributed by atoms with Crippen molar-refractivity contribution in [2.75, 3.05) is 13.2 Å². The summed E-state index contributed by atoms with van der Waals surface area (Å²) in [4.78, 5) is 12.8. The molecule has 6 heteroatoms. The van der Waals surface area contributed by atoms with Gasteiger partial charge in [0, 0.05) is 17.4 Å². The van der Waals surface area contributed by atoms with Crippen LogP contribution in [0.15, 0.2) is 22.7 Å². The molecule has 1 saturated heterocycles. The minimum Gasteiger partial charge on any atom is -0.492 e. The summed E-state index contributed by atoms with van der Waals surface area (Å²) in [6, 6.07) is 1.75. The van der Waals surface area contributed by atoms with Crippen LogP contribution in [0.3, 0.4) is 0 Å². The van der Waals surface area contributed by atoms with E-state index in [2.05, 4.69) is 15.9 Å². The molecule has 0 N–H and O–H groups in total. The smallest absolute Gasteiger partial charge is 0.329 e. The molecule has 1 aromatic rings. The number of halogens is 3. The minimum atomic E-state index is -3.04. The van der Waals surface area contributed by atoms with Crippen LogP contribution >= 0.6 is 15.9 Å². The van der Waals surface area contributed by atoms with Crippen LogP contribution in [0.1, 0.15) is 30.6 Å². The van der Waals surface area contributed by atoms with E-state index in [9.17, 15) is 13.6 Å². The maximum atomic E-state index is 13.3. The fourth-order valence-electron chi connectivity index (χ4n) is 1.84. The zero-order valence-corrected chi connectivity index (χ0v) is 12.9. The molecule has 0 radical (unpaired) electrons. The highest BCUT2D eigenvalue weighted by molar-refractivity contribution is 9.10. The standard InChI is InChI=1S/C14H16BrF2NO2/c1-9(2)8-20-12-7-10(15)3-4-11(12)13(19)18-6-5-14(18,16)17/h3-4,7,9H,5-6,8H2,1-2H3. The van der Waals surface area contributed by atoms with Gasteiger partial charge in [-0.2, -0.15) is 8.78 Å². The number of ether oxygens (including phenoxy) is 1. The maximum absolute atomic E-state index is 13.3. The van der Waals surface area contributed by atoms with Gasteiger partial charge in [-0.3, -0.25) is 9.69 Å². The number of amides is 1. The summed E-state index contributed by atoms with van der Waals surface area (Å²) < 4.78 is 32.9. The van der Waals surface area contributed by atoms with Gasteiger partial charge in [-0.25, -0.2) is 0 Å². The predicted molar refractivity (Wildman–Crippen MR) is 75.1 cm³/mol. The average molecular weight is 348 g/mol. The molecule has 1 heterocycles. The van der Waals surface area contributed by atoms with Gasteiger partial charge >= 0.3 is 6.05 Å². The van der Waals surface area contributed by atoms with Crippen LogP contribution in [-0.2, 0) is 0 Å². The van der Waals surface area contributed by atoms with E-state index in [1.165, 1.54) is 6.07 Å². The molecule has 0 saturated carbocycles. The molecule has 0 atom stereocenters. The number of hydrogen-bond acceptors (Lipinski definition) is 2. The molecule has 1 aliphatic rings. The van der Waals surface area contributed by atoms with E-state index in [0.717, 1.165) is 4.47 Å². The Morgan fingerprint density at radius 1 is 1.50 bits per heavy atom. The molecule has 1 fully saturated rings. The molecule has 1 amide bonds. The summed E-state index contributed by atoms with van der Waals surface area (Å²) in [5.41, 5.74) is 0.174. The lowest BCUT2D eigenvalue weighted by atomic mass is 10.1. The molecule has 0 spiro atoms. The fourth-order valence-corrected chi connectivity index (χ4v) is 2.18. The molecular formula is C14H16BrF2NO2. The van der Waals surface area contributed by atoms with Crippen LogP contribution in [0.25, 0.3) is 0 Å². The normalized spacial score (nSPS) is 17.0. The van der Waals surface area contributed by atoms with Crippen molar-refractivity contribution in [2.24, 2.45) is 5.92 Å². The third-order valence-corrected chi connectivity index (χ3v) is 3.52. The molecule has 3 nitrogen and oxygen atoms in total. The second kappa shape index (κ2) is 5.68. The quantitative estimate of drug-likeness (QED) is 0.772. The molecule has 0 unspecified atom stereocenters. The van der Waals surface area contributed by atoms with Crippen LogP contribution in [0.2, 0.25) is 0 Å². The van der Waals surface area contributed by atoms with E-state index in [-0.39, 0.29) is 24.4 Å². The number of likely N-dealkylation sites (tertiary alicyclic amines) is 1. The van der Waals surface area contributed by atoms with Gasteiger partial charge in [0.2, 0.25) is 0 Å². The van der Waals surface area contributed by atoms with Crippen molar-refractivity contribution in [3.05, 3.63) is 28.2 Å². The van der Waals surface area contributed by atoms with Crippen molar-refractivity contribution in [1.29, 1.82) is 0 Å². The largest absolute Gasteiger partial charge is 0.492 e. The summed E-state index contributed by atoms with van der Waals surface area (Å²) in [6.45, 7) is 4.45. The Kier molecular flexibility index (Phi) is 4.32. The first-order chi connectivity index (χ1) is 9.31. The average Bonchev–Trinajstić information content (AvgIpc) is 2.35. The molecule has 0 aliphatic carbocycles. The van der Waals surface area contributed by atoms with Gasteiger partial charge in [-0.05, 0) is 24.1 Å². The number of rotatable bonds is 4. The number of hydrogen-bond donors (Lipinski definition) is 0. The lowest BCUT2D eigenvalue weighted by Gasteiger charge is -2.40. The number of carbonyl (C=O) groups excluding carboxylic acids is 1. The molecule has 20 heavy (non-hydrogen) atoms. The van der Waals surface area contributed by atoms with Crippen molar-refractivity contribution < 1.29 is 18.3 Å².